The molecule has 0 radical (unpaired) electrons. The van der Waals surface area contributed by atoms with E-state index in [0.717, 1.165) is 44.5 Å². The summed E-state index contributed by atoms with van der Waals surface area (Å²) in [5, 5.41) is 7.74. The first kappa shape index (κ1) is 21.4. The van der Waals surface area contributed by atoms with Crippen LogP contribution in [0.25, 0.3) is 10.8 Å². The van der Waals surface area contributed by atoms with E-state index < -0.39 is 0 Å². The highest BCUT2D eigenvalue weighted by atomic mass is 16.5. The molecule has 2 N–H and O–H groups in total. The van der Waals surface area contributed by atoms with E-state index in [0.29, 0.717) is 0 Å². The second kappa shape index (κ2) is 8.99. The molecule has 156 valence electrons. The lowest BCUT2D eigenvalue weighted by Crippen LogP contribution is -2.35. The Kier molecular flexibility index (Phi) is 6.40. The van der Waals surface area contributed by atoms with Gasteiger partial charge in [-0.15, -0.1) is 0 Å². The summed E-state index contributed by atoms with van der Waals surface area (Å²) < 4.78 is 5.25. The maximum absolute atomic E-state index is 12.6. The van der Waals surface area contributed by atoms with E-state index in [4.69, 9.17) is 4.74 Å². The van der Waals surface area contributed by atoms with Crippen molar-refractivity contribution in [2.75, 3.05) is 19.0 Å². The largest absolute Gasteiger partial charge is 0.497 e. The smallest absolute Gasteiger partial charge is 0.243 e. The summed E-state index contributed by atoms with van der Waals surface area (Å²) in [6, 6.07) is 15.8. The number of fused-ring (bicyclic) bond motifs is 1. The van der Waals surface area contributed by atoms with Gasteiger partial charge >= 0.3 is 0 Å². The van der Waals surface area contributed by atoms with Crippen molar-refractivity contribution >= 4 is 28.3 Å². The zero-order valence-electron chi connectivity index (χ0n) is 18.1. The molecular weight excluding hydrogens is 376 g/mol. The Morgan fingerprint density at radius 1 is 0.933 bits per heavy atom. The molecule has 0 bridgehead atoms. The normalized spacial score (nSPS) is 11.8. The van der Waals surface area contributed by atoms with Gasteiger partial charge in [-0.25, -0.2) is 0 Å². The zero-order chi connectivity index (χ0) is 21.8. The minimum Gasteiger partial charge on any atom is -0.497 e. The molecule has 0 spiro atoms. The number of rotatable bonds is 6. The molecule has 0 fully saturated rings. The fourth-order valence-corrected chi connectivity index (χ4v) is 3.67. The number of carbonyl (C=O) groups excluding carboxylic acids is 2. The second-order valence-corrected chi connectivity index (χ2v) is 7.73. The number of anilines is 1. The van der Waals surface area contributed by atoms with Gasteiger partial charge in [0.25, 0.3) is 0 Å². The van der Waals surface area contributed by atoms with Crippen LogP contribution in [0.5, 0.6) is 5.75 Å². The number of carbonyl (C=O) groups is 2. The van der Waals surface area contributed by atoms with E-state index in [1.807, 2.05) is 76.2 Å². The SMILES string of the molecule is COc1ccc2cc([C@H](C)C(=O)NCC(=O)Nc3c(C)cc(C)cc3C)ccc2c1. The molecule has 5 nitrogen and oxygen atoms in total. The maximum atomic E-state index is 12.6. The third-order valence-corrected chi connectivity index (χ3v) is 5.33. The van der Waals surface area contributed by atoms with Gasteiger partial charge in [0.2, 0.25) is 11.8 Å². The molecule has 0 aliphatic rings. The van der Waals surface area contributed by atoms with Crippen LogP contribution in [0.2, 0.25) is 0 Å². The molecule has 1 atom stereocenters. The minimum absolute atomic E-state index is 0.0687. The average molecular weight is 405 g/mol. The van der Waals surface area contributed by atoms with E-state index in [-0.39, 0.29) is 24.3 Å². The van der Waals surface area contributed by atoms with Crippen molar-refractivity contribution in [3.05, 3.63) is 70.8 Å². The Morgan fingerprint density at radius 2 is 1.57 bits per heavy atom. The summed E-state index contributed by atoms with van der Waals surface area (Å²) in [6.45, 7) is 7.72. The van der Waals surface area contributed by atoms with Crippen molar-refractivity contribution in [1.82, 2.24) is 5.32 Å². The number of nitrogens with one attached hydrogen (secondary N) is 2. The summed E-state index contributed by atoms with van der Waals surface area (Å²) >= 11 is 0. The number of methoxy groups -OCH3 is 1. The summed E-state index contributed by atoms with van der Waals surface area (Å²) in [6.07, 6.45) is 0. The maximum Gasteiger partial charge on any atom is 0.243 e. The fourth-order valence-electron chi connectivity index (χ4n) is 3.67. The fraction of sp³-hybridized carbons (Fsp3) is 0.280. The Morgan fingerprint density at radius 3 is 2.23 bits per heavy atom. The van der Waals surface area contributed by atoms with Crippen LogP contribution in [0.1, 0.15) is 35.1 Å². The highest BCUT2D eigenvalue weighted by Gasteiger charge is 2.17. The lowest BCUT2D eigenvalue weighted by atomic mass is 9.97. The van der Waals surface area contributed by atoms with Gasteiger partial charge < -0.3 is 15.4 Å². The average Bonchev–Trinajstić information content (AvgIpc) is 2.73. The van der Waals surface area contributed by atoms with Gasteiger partial charge in [-0.2, -0.15) is 0 Å². The van der Waals surface area contributed by atoms with Gasteiger partial charge in [-0.1, -0.05) is 42.0 Å². The van der Waals surface area contributed by atoms with Crippen LogP contribution in [-0.2, 0) is 9.59 Å². The summed E-state index contributed by atoms with van der Waals surface area (Å²) in [5.74, 6) is 0.00447. The third-order valence-electron chi connectivity index (χ3n) is 5.33. The summed E-state index contributed by atoms with van der Waals surface area (Å²) in [4.78, 5) is 25.0. The number of hydrogen-bond acceptors (Lipinski definition) is 3. The van der Waals surface area contributed by atoms with Crippen LogP contribution >= 0.6 is 0 Å². The van der Waals surface area contributed by atoms with Gasteiger partial charge in [0.1, 0.15) is 5.75 Å². The lowest BCUT2D eigenvalue weighted by Gasteiger charge is -2.15. The molecular formula is C25H28N2O3. The second-order valence-electron chi connectivity index (χ2n) is 7.73. The van der Waals surface area contributed by atoms with Crippen LogP contribution < -0.4 is 15.4 Å². The quantitative estimate of drug-likeness (QED) is 0.629. The molecule has 0 saturated carbocycles. The van der Waals surface area contributed by atoms with Crippen LogP contribution in [-0.4, -0.2) is 25.5 Å². The first-order valence-electron chi connectivity index (χ1n) is 10.0. The molecule has 5 heteroatoms. The van der Waals surface area contributed by atoms with Crippen molar-refractivity contribution in [3.8, 4) is 5.75 Å². The molecule has 0 aliphatic heterocycles. The van der Waals surface area contributed by atoms with Gasteiger partial charge in [-0.3, -0.25) is 9.59 Å². The van der Waals surface area contributed by atoms with E-state index in [1.165, 1.54) is 0 Å². The van der Waals surface area contributed by atoms with Crippen molar-refractivity contribution in [2.45, 2.75) is 33.6 Å². The minimum atomic E-state index is -0.368. The Bertz CT molecular complexity index is 1080. The monoisotopic (exact) mass is 404 g/mol. The highest BCUT2D eigenvalue weighted by Crippen LogP contribution is 2.25. The van der Waals surface area contributed by atoms with Crippen LogP contribution in [0.4, 0.5) is 5.69 Å². The third kappa shape index (κ3) is 4.79. The van der Waals surface area contributed by atoms with Crippen molar-refractivity contribution < 1.29 is 14.3 Å². The molecule has 0 saturated heterocycles. The van der Waals surface area contributed by atoms with Crippen LogP contribution in [0.15, 0.2) is 48.5 Å². The van der Waals surface area contributed by atoms with Gasteiger partial charge in [0.15, 0.2) is 0 Å². The van der Waals surface area contributed by atoms with Crippen LogP contribution in [0, 0.1) is 20.8 Å². The molecule has 3 aromatic rings. The van der Waals surface area contributed by atoms with Gasteiger partial charge in [0, 0.05) is 5.69 Å². The number of benzene rings is 3. The van der Waals surface area contributed by atoms with Gasteiger partial charge in [0.05, 0.1) is 19.6 Å². The molecule has 3 rings (SSSR count). The number of hydrogen-bond donors (Lipinski definition) is 2. The molecule has 0 unspecified atom stereocenters. The molecule has 0 heterocycles. The predicted molar refractivity (Wildman–Crippen MR) is 121 cm³/mol. The number of amides is 2. The Hall–Kier alpha value is -3.34. The predicted octanol–water partition coefficient (Wildman–Crippen LogP) is 4.63. The summed E-state index contributed by atoms with van der Waals surface area (Å²) in [5.41, 5.74) is 4.87. The molecule has 3 aromatic carbocycles. The van der Waals surface area contributed by atoms with Crippen LogP contribution in [0.3, 0.4) is 0 Å². The Labute approximate surface area is 177 Å². The molecule has 2 amide bonds. The van der Waals surface area contributed by atoms with Crippen molar-refractivity contribution in [1.29, 1.82) is 0 Å². The number of ether oxygens (including phenoxy) is 1. The van der Waals surface area contributed by atoms with E-state index in [9.17, 15) is 9.59 Å². The standard InChI is InChI=1S/C25H28N2O3/c1-15-10-16(2)24(17(3)11-15)27-23(28)14-26-25(29)18(4)19-6-7-21-13-22(30-5)9-8-20(21)12-19/h6-13,18H,14H2,1-5H3,(H,26,29)(H,27,28)/t18-/m0/s1. The summed E-state index contributed by atoms with van der Waals surface area (Å²) in [7, 11) is 1.64. The first-order valence-corrected chi connectivity index (χ1v) is 10.0. The van der Waals surface area contributed by atoms with Crippen molar-refractivity contribution in [3.63, 3.8) is 0 Å². The van der Waals surface area contributed by atoms with E-state index in [2.05, 4.69) is 10.6 Å². The van der Waals surface area contributed by atoms with E-state index in [1.54, 1.807) is 7.11 Å². The van der Waals surface area contributed by atoms with E-state index >= 15 is 0 Å². The molecule has 0 aromatic heterocycles. The first-order chi connectivity index (χ1) is 14.3. The zero-order valence-corrected chi connectivity index (χ0v) is 18.1. The Balaban J connectivity index is 1.63. The van der Waals surface area contributed by atoms with Gasteiger partial charge in [-0.05, 0) is 67.3 Å². The lowest BCUT2D eigenvalue weighted by molar-refractivity contribution is -0.125. The molecule has 30 heavy (non-hydrogen) atoms. The molecule has 0 aliphatic carbocycles. The highest BCUT2D eigenvalue weighted by molar-refractivity contribution is 5.97. The topological polar surface area (TPSA) is 67.4 Å². The number of aryl methyl sites for hydroxylation is 3. The van der Waals surface area contributed by atoms with Crippen molar-refractivity contribution in [2.24, 2.45) is 0 Å².